The molecule has 1 aromatic carbocycles. The molecule has 0 aliphatic carbocycles. The van der Waals surface area contributed by atoms with E-state index in [0.29, 0.717) is 35.8 Å². The second-order valence-corrected chi connectivity index (χ2v) is 7.03. The minimum Gasteiger partial charge on any atom is -0.486 e. The lowest BCUT2D eigenvalue weighted by Crippen LogP contribution is -2.24. The Bertz CT molecular complexity index is 803. The summed E-state index contributed by atoms with van der Waals surface area (Å²) in [7, 11) is 1.91. The predicted octanol–water partition coefficient (Wildman–Crippen LogP) is 3.50. The Kier molecular flexibility index (Phi) is 6.01. The second kappa shape index (κ2) is 8.42. The first-order chi connectivity index (χ1) is 12.1. The molecule has 2 heterocycles. The highest BCUT2D eigenvalue weighted by molar-refractivity contribution is 7.09. The number of likely N-dealkylation sites (N-methyl/N-ethyl adjacent to an activating group) is 1. The fraction of sp³-hybridized carbons (Fsp3) is 0.353. The Balaban J connectivity index is 1.53. The number of hydrogen-bond acceptors (Lipinski definition) is 7. The molecule has 0 saturated carbocycles. The van der Waals surface area contributed by atoms with Gasteiger partial charge in [-0.15, -0.1) is 11.3 Å². The van der Waals surface area contributed by atoms with Crippen LogP contribution in [0.5, 0.6) is 5.75 Å². The van der Waals surface area contributed by atoms with Gasteiger partial charge in [-0.25, -0.2) is 4.98 Å². The van der Waals surface area contributed by atoms with Crippen LogP contribution in [0.1, 0.15) is 29.3 Å². The molecule has 6 nitrogen and oxygen atoms in total. The minimum absolute atomic E-state index is 0.307. The van der Waals surface area contributed by atoms with E-state index in [1.54, 1.807) is 23.5 Å². The molecule has 0 fully saturated rings. The molecule has 1 N–H and O–H groups in total. The summed E-state index contributed by atoms with van der Waals surface area (Å²) in [6, 6.07) is 7.58. The van der Waals surface area contributed by atoms with Crippen molar-refractivity contribution in [2.45, 2.75) is 32.4 Å². The van der Waals surface area contributed by atoms with E-state index in [2.05, 4.69) is 27.4 Å². The van der Waals surface area contributed by atoms with E-state index in [0.717, 1.165) is 22.9 Å². The van der Waals surface area contributed by atoms with Gasteiger partial charge in [-0.2, -0.15) is 4.98 Å². The average molecular weight is 379 g/mol. The van der Waals surface area contributed by atoms with Crippen molar-refractivity contribution >= 4 is 22.9 Å². The molecule has 3 aromatic rings. The third-order valence-corrected chi connectivity index (χ3v) is 4.72. The molecule has 132 valence electrons. The highest BCUT2D eigenvalue weighted by Crippen LogP contribution is 2.19. The van der Waals surface area contributed by atoms with Crippen molar-refractivity contribution in [3.05, 3.63) is 57.1 Å². The van der Waals surface area contributed by atoms with E-state index in [-0.39, 0.29) is 0 Å². The lowest BCUT2D eigenvalue weighted by Gasteiger charge is -2.04. The molecule has 0 amide bonds. The fourth-order valence-corrected chi connectivity index (χ4v) is 2.98. The molecule has 0 aliphatic rings. The van der Waals surface area contributed by atoms with Gasteiger partial charge in [-0.3, -0.25) is 0 Å². The van der Waals surface area contributed by atoms with Crippen molar-refractivity contribution in [1.82, 2.24) is 20.4 Å². The normalized spacial score (nSPS) is 12.3. The lowest BCUT2D eigenvalue weighted by atomic mass is 10.2. The smallest absolute Gasteiger partial charge is 0.232 e. The van der Waals surface area contributed by atoms with Crippen molar-refractivity contribution in [3.8, 4) is 5.75 Å². The van der Waals surface area contributed by atoms with Crippen LogP contribution in [0.15, 0.2) is 34.2 Å². The van der Waals surface area contributed by atoms with E-state index < -0.39 is 0 Å². The third kappa shape index (κ3) is 5.26. The van der Waals surface area contributed by atoms with Crippen LogP contribution in [0.25, 0.3) is 0 Å². The Morgan fingerprint density at radius 1 is 1.28 bits per heavy atom. The fourth-order valence-electron chi connectivity index (χ4n) is 2.15. The van der Waals surface area contributed by atoms with Gasteiger partial charge in [0, 0.05) is 22.9 Å². The number of nitrogens with zero attached hydrogens (tertiary/aromatic N) is 3. The molecule has 0 spiro atoms. The monoisotopic (exact) mass is 378 g/mol. The number of rotatable bonds is 8. The van der Waals surface area contributed by atoms with Crippen molar-refractivity contribution in [3.63, 3.8) is 0 Å². The summed E-state index contributed by atoms with van der Waals surface area (Å²) in [4.78, 5) is 8.96. The Morgan fingerprint density at radius 3 is 2.84 bits per heavy atom. The van der Waals surface area contributed by atoms with Crippen LogP contribution in [0, 0.1) is 0 Å². The summed E-state index contributed by atoms with van der Waals surface area (Å²) in [5.74, 6) is 2.05. The quantitative estimate of drug-likeness (QED) is 0.646. The maximum atomic E-state index is 5.86. The van der Waals surface area contributed by atoms with Gasteiger partial charge in [-0.1, -0.05) is 16.8 Å². The summed E-state index contributed by atoms with van der Waals surface area (Å²) >= 11 is 7.41. The number of benzene rings is 1. The maximum absolute atomic E-state index is 5.86. The standard InChI is InChI=1S/C17H19ClN4O2S/c1-11(19-2)7-15-21-16(24-22-15)8-13-10-25-17(20-13)9-23-14-5-3-12(18)4-6-14/h3-6,10-11,19H,7-9H2,1-2H3. The molecular weight excluding hydrogens is 360 g/mol. The van der Waals surface area contributed by atoms with Crippen molar-refractivity contribution in [2.75, 3.05) is 7.05 Å². The number of ether oxygens (including phenoxy) is 1. The highest BCUT2D eigenvalue weighted by Gasteiger charge is 2.12. The first-order valence-electron chi connectivity index (χ1n) is 7.92. The topological polar surface area (TPSA) is 73.1 Å². The molecule has 1 atom stereocenters. The molecule has 0 aliphatic heterocycles. The highest BCUT2D eigenvalue weighted by atomic mass is 35.5. The van der Waals surface area contributed by atoms with Gasteiger partial charge in [0.15, 0.2) is 5.82 Å². The Hall–Kier alpha value is -1.96. The van der Waals surface area contributed by atoms with Crippen LogP contribution in [0.2, 0.25) is 5.02 Å². The number of aromatic nitrogens is 3. The number of halogens is 1. The van der Waals surface area contributed by atoms with E-state index in [1.165, 1.54) is 0 Å². The van der Waals surface area contributed by atoms with Crippen LogP contribution >= 0.6 is 22.9 Å². The Morgan fingerprint density at radius 2 is 2.08 bits per heavy atom. The molecule has 0 radical (unpaired) electrons. The second-order valence-electron chi connectivity index (χ2n) is 5.65. The zero-order valence-electron chi connectivity index (χ0n) is 14.0. The third-order valence-electron chi connectivity index (χ3n) is 3.60. The van der Waals surface area contributed by atoms with Gasteiger partial charge in [0.25, 0.3) is 0 Å². The summed E-state index contributed by atoms with van der Waals surface area (Å²) in [6.45, 7) is 2.49. The lowest BCUT2D eigenvalue weighted by molar-refractivity contribution is 0.305. The largest absolute Gasteiger partial charge is 0.486 e. The average Bonchev–Trinajstić information content (AvgIpc) is 3.24. The molecule has 0 bridgehead atoms. The van der Waals surface area contributed by atoms with Crippen LogP contribution in [0.3, 0.4) is 0 Å². The van der Waals surface area contributed by atoms with Crippen molar-refractivity contribution < 1.29 is 9.26 Å². The van der Waals surface area contributed by atoms with Gasteiger partial charge < -0.3 is 14.6 Å². The summed E-state index contributed by atoms with van der Waals surface area (Å²) < 4.78 is 11.0. The van der Waals surface area contributed by atoms with Gasteiger partial charge in [0.05, 0.1) is 12.1 Å². The number of thiazole rings is 1. The van der Waals surface area contributed by atoms with Crippen molar-refractivity contribution in [1.29, 1.82) is 0 Å². The van der Waals surface area contributed by atoms with Gasteiger partial charge in [0.1, 0.15) is 17.4 Å². The molecule has 1 unspecified atom stereocenters. The molecule has 3 rings (SSSR count). The number of nitrogens with one attached hydrogen (secondary N) is 1. The molecule has 25 heavy (non-hydrogen) atoms. The zero-order chi connectivity index (χ0) is 17.6. The van der Waals surface area contributed by atoms with Gasteiger partial charge in [0.2, 0.25) is 5.89 Å². The van der Waals surface area contributed by atoms with Crippen LogP contribution in [-0.4, -0.2) is 28.2 Å². The molecular formula is C17H19ClN4O2S. The van der Waals surface area contributed by atoms with Crippen LogP contribution in [0.4, 0.5) is 0 Å². The number of hydrogen-bond donors (Lipinski definition) is 1. The van der Waals surface area contributed by atoms with Gasteiger partial charge in [-0.05, 0) is 38.2 Å². The molecule has 2 aromatic heterocycles. The minimum atomic E-state index is 0.307. The van der Waals surface area contributed by atoms with E-state index >= 15 is 0 Å². The van der Waals surface area contributed by atoms with E-state index in [1.807, 2.05) is 24.6 Å². The summed E-state index contributed by atoms with van der Waals surface area (Å²) in [6.07, 6.45) is 1.26. The summed E-state index contributed by atoms with van der Waals surface area (Å²) in [5, 5.41) is 10.7. The van der Waals surface area contributed by atoms with Crippen LogP contribution < -0.4 is 10.1 Å². The maximum Gasteiger partial charge on any atom is 0.232 e. The molecule has 0 saturated heterocycles. The summed E-state index contributed by atoms with van der Waals surface area (Å²) in [5.41, 5.74) is 0.900. The molecule has 8 heteroatoms. The van der Waals surface area contributed by atoms with E-state index in [4.69, 9.17) is 20.9 Å². The predicted molar refractivity (Wildman–Crippen MR) is 97.2 cm³/mol. The SMILES string of the molecule is CNC(C)Cc1noc(Cc2csc(COc3ccc(Cl)cc3)n2)n1. The van der Waals surface area contributed by atoms with Crippen molar-refractivity contribution in [2.24, 2.45) is 0 Å². The van der Waals surface area contributed by atoms with Crippen LogP contribution in [-0.2, 0) is 19.4 Å². The van der Waals surface area contributed by atoms with Gasteiger partial charge >= 0.3 is 0 Å². The Labute approximate surface area is 155 Å². The zero-order valence-corrected chi connectivity index (χ0v) is 15.6. The van der Waals surface area contributed by atoms with E-state index in [9.17, 15) is 0 Å². The first kappa shape index (κ1) is 17.8. The first-order valence-corrected chi connectivity index (χ1v) is 9.18.